The molecule has 0 bridgehead atoms. The highest BCUT2D eigenvalue weighted by molar-refractivity contribution is 7.98. The number of piperidine rings is 2. The molecule has 0 aliphatic carbocycles. The highest BCUT2D eigenvalue weighted by Crippen LogP contribution is 2.34. The summed E-state index contributed by atoms with van der Waals surface area (Å²) >= 11 is 4.49. The van der Waals surface area contributed by atoms with Crippen molar-refractivity contribution in [3.63, 3.8) is 0 Å². The molecular weight excluding hydrogens is 973 g/mol. The normalized spacial score (nSPS) is 16.1. The van der Waals surface area contributed by atoms with Gasteiger partial charge in [0.15, 0.2) is 26.5 Å². The fourth-order valence-electron chi connectivity index (χ4n) is 8.47. The summed E-state index contributed by atoms with van der Waals surface area (Å²) in [6, 6.07) is 8.55. The van der Waals surface area contributed by atoms with E-state index in [1.165, 1.54) is 28.7 Å². The average molecular weight is 1030 g/mol. The number of thioether (sulfide) groups is 1. The highest BCUT2D eigenvalue weighted by atomic mass is 32.2. The van der Waals surface area contributed by atoms with Crippen molar-refractivity contribution in [1.82, 2.24) is 59.4 Å². The Labute approximate surface area is 418 Å². The van der Waals surface area contributed by atoms with E-state index in [0.29, 0.717) is 50.6 Å². The molecule has 0 N–H and O–H groups in total. The number of aromatic nitrogens is 12. The molecule has 8 aromatic heterocycles. The monoisotopic (exact) mass is 1030 g/mol. The van der Waals surface area contributed by atoms with E-state index in [9.17, 15) is 8.42 Å². The molecule has 0 spiro atoms. The zero-order valence-corrected chi connectivity index (χ0v) is 44.2. The number of nitrogens with zero attached hydrogens (tertiary/aromatic N) is 14. The number of pyridine rings is 2. The molecule has 24 heteroatoms. The molecule has 2 aliphatic rings. The minimum Gasteiger partial charge on any atom is -0.466 e. The standard InChI is InChI=1S/C23H29N7O4S2.C23H29N7O2S2/c1-13(2)20-26-21(34-28-20)29-10-8-16(9-11-29)15(4)33-23-27-30-12-18(25-22(30)35-23)17-6-7-19(24-14(17)3)36(5,31)32;1-13(2)20-26-21(32-28-20)29-10-8-16(9-11-29)15(4)31-23-27-30-12-18(25-22(30)34-23)17-6-7-19(33-5)24-14(17)3/h6-7,12-13,15-16H,8-11H2,1-5H3;6-7,12-13,15-16H,8-11H2,1-5H3/t2*15-/m00/s1. The third kappa shape index (κ3) is 10.9. The Morgan fingerprint density at radius 2 is 1.09 bits per heavy atom. The lowest BCUT2D eigenvalue weighted by atomic mass is 9.92. The van der Waals surface area contributed by atoms with Crippen molar-refractivity contribution in [2.24, 2.45) is 11.8 Å². The Hall–Kier alpha value is -5.72. The number of aryl methyl sites for hydroxylation is 2. The Bertz CT molecular complexity index is 3110. The van der Waals surface area contributed by atoms with Crippen LogP contribution in [0.1, 0.15) is 102 Å². The zero-order chi connectivity index (χ0) is 49.4. The summed E-state index contributed by atoms with van der Waals surface area (Å²) in [7, 11) is -3.36. The van der Waals surface area contributed by atoms with E-state index in [0.717, 1.165) is 102 Å². The number of imidazole rings is 2. The van der Waals surface area contributed by atoms with Gasteiger partial charge in [-0.25, -0.2) is 37.4 Å². The number of hydrogen-bond donors (Lipinski definition) is 0. The van der Waals surface area contributed by atoms with Gasteiger partial charge in [-0.05, 0) is 118 Å². The largest absolute Gasteiger partial charge is 0.466 e. The van der Waals surface area contributed by atoms with E-state index in [1.54, 1.807) is 33.8 Å². The molecular formula is C46H58N14O6S4. The summed E-state index contributed by atoms with van der Waals surface area (Å²) in [5.74, 6) is 2.83. The van der Waals surface area contributed by atoms with Gasteiger partial charge >= 0.3 is 12.0 Å². The quantitative estimate of drug-likeness (QED) is 0.0928. The Balaban J connectivity index is 0.000000174. The molecule has 2 aliphatic heterocycles. The topological polar surface area (TPSA) is 223 Å². The van der Waals surface area contributed by atoms with Gasteiger partial charge in [-0.1, -0.05) is 38.0 Å². The fourth-order valence-corrected chi connectivity index (χ4v) is 11.1. The van der Waals surface area contributed by atoms with E-state index in [4.69, 9.17) is 23.5 Å². The maximum atomic E-state index is 11.8. The van der Waals surface area contributed by atoms with Gasteiger partial charge in [-0.15, -0.1) is 22.0 Å². The average Bonchev–Trinajstić information content (AvgIpc) is 4.20. The van der Waals surface area contributed by atoms with E-state index >= 15 is 0 Å². The SMILES string of the molecule is CSc1ccc(-c2cn3nc(O[C@@H](C)C4CCN(c5nc(C(C)C)no5)CC4)sc3n2)c(C)n1.Cc1nc(S(C)(=O)=O)ccc1-c1cn2nc(O[C@@H](C)C3CCN(c4nc(C(C)C)no4)CC3)sc2n1. The van der Waals surface area contributed by atoms with Gasteiger partial charge in [0.05, 0.1) is 28.8 Å². The lowest BCUT2D eigenvalue weighted by Crippen LogP contribution is -2.38. The van der Waals surface area contributed by atoms with Crippen LogP contribution in [0.2, 0.25) is 0 Å². The first-order chi connectivity index (χ1) is 33.5. The lowest BCUT2D eigenvalue weighted by Gasteiger charge is -2.33. The number of fused-ring (bicyclic) bond motifs is 2. The molecule has 20 nitrogen and oxygen atoms in total. The van der Waals surface area contributed by atoms with Gasteiger partial charge in [0.1, 0.15) is 12.2 Å². The minimum atomic E-state index is -3.36. The van der Waals surface area contributed by atoms with Crippen LogP contribution in [0, 0.1) is 25.7 Å². The summed E-state index contributed by atoms with van der Waals surface area (Å²) in [4.78, 5) is 33.1. The van der Waals surface area contributed by atoms with Gasteiger partial charge < -0.3 is 28.3 Å². The summed E-state index contributed by atoms with van der Waals surface area (Å²) in [6.45, 7) is 19.7. The molecule has 2 saturated heterocycles. The minimum absolute atomic E-state index is 0.00590. The third-order valence-electron chi connectivity index (χ3n) is 12.7. The smallest absolute Gasteiger partial charge is 0.324 e. The van der Waals surface area contributed by atoms with Crippen LogP contribution < -0.4 is 19.3 Å². The summed E-state index contributed by atoms with van der Waals surface area (Å²) in [6.07, 6.45) is 10.9. The Morgan fingerprint density at radius 1 is 0.643 bits per heavy atom. The Kier molecular flexibility index (Phi) is 14.5. The van der Waals surface area contributed by atoms with Crippen LogP contribution >= 0.6 is 34.4 Å². The third-order valence-corrected chi connectivity index (χ3v) is 16.0. The number of anilines is 2. The zero-order valence-electron chi connectivity index (χ0n) is 40.9. The number of ether oxygens (including phenoxy) is 2. The first-order valence-corrected chi connectivity index (χ1v) is 28.2. The van der Waals surface area contributed by atoms with Crippen LogP contribution in [0.4, 0.5) is 12.0 Å². The van der Waals surface area contributed by atoms with Crippen molar-refractivity contribution < 1.29 is 26.9 Å². The first kappa shape index (κ1) is 49.3. The van der Waals surface area contributed by atoms with Gasteiger partial charge in [-0.3, -0.25) is 0 Å². The van der Waals surface area contributed by atoms with E-state index in [1.807, 2.05) is 45.5 Å². The first-order valence-electron chi connectivity index (χ1n) is 23.4. The van der Waals surface area contributed by atoms with E-state index < -0.39 is 9.84 Å². The summed E-state index contributed by atoms with van der Waals surface area (Å²) < 4.78 is 50.3. The van der Waals surface area contributed by atoms with Crippen molar-refractivity contribution in [3.8, 4) is 32.9 Å². The molecule has 2 fully saturated rings. The van der Waals surface area contributed by atoms with Gasteiger partial charge in [0.25, 0.3) is 10.4 Å². The van der Waals surface area contributed by atoms with E-state index in [-0.39, 0.29) is 29.1 Å². The van der Waals surface area contributed by atoms with Crippen LogP contribution in [0.25, 0.3) is 32.4 Å². The second kappa shape index (κ2) is 20.6. The number of sulfone groups is 1. The van der Waals surface area contributed by atoms with Crippen molar-refractivity contribution in [3.05, 3.63) is 59.7 Å². The molecule has 70 heavy (non-hydrogen) atoms. The van der Waals surface area contributed by atoms with Crippen LogP contribution in [-0.2, 0) is 9.84 Å². The second-order valence-corrected chi connectivity index (χ2v) is 23.1. The maximum Gasteiger partial charge on any atom is 0.324 e. The van der Waals surface area contributed by atoms with Crippen LogP contribution in [0.15, 0.2) is 55.8 Å². The lowest BCUT2D eigenvalue weighted by molar-refractivity contribution is 0.130. The molecule has 8 aromatic rings. The van der Waals surface area contributed by atoms with Crippen molar-refractivity contribution in [1.29, 1.82) is 0 Å². The van der Waals surface area contributed by atoms with Crippen molar-refractivity contribution in [2.75, 3.05) is 48.5 Å². The van der Waals surface area contributed by atoms with Crippen molar-refractivity contribution >= 4 is 66.2 Å². The van der Waals surface area contributed by atoms with Gasteiger partial charge in [0.2, 0.25) is 9.92 Å². The number of rotatable bonds is 14. The Morgan fingerprint density at radius 3 is 1.46 bits per heavy atom. The molecule has 10 heterocycles. The van der Waals surface area contributed by atoms with Crippen LogP contribution in [0.3, 0.4) is 0 Å². The van der Waals surface area contributed by atoms with Crippen LogP contribution in [-0.4, -0.2) is 119 Å². The van der Waals surface area contributed by atoms with E-state index in [2.05, 4.69) is 89.0 Å². The molecule has 2 atom stereocenters. The summed E-state index contributed by atoms with van der Waals surface area (Å²) in [5.41, 5.74) is 4.93. The molecule has 0 amide bonds. The molecule has 0 radical (unpaired) electrons. The van der Waals surface area contributed by atoms with Gasteiger partial charge in [-0.2, -0.15) is 9.97 Å². The number of hydrogen-bond acceptors (Lipinski definition) is 21. The highest BCUT2D eigenvalue weighted by Gasteiger charge is 2.31. The second-order valence-electron chi connectivity index (χ2n) is 18.5. The predicted molar refractivity (Wildman–Crippen MR) is 269 cm³/mol. The molecule has 0 unspecified atom stereocenters. The van der Waals surface area contributed by atoms with Gasteiger partial charge in [0, 0.05) is 66.8 Å². The molecule has 372 valence electrons. The maximum absolute atomic E-state index is 11.8. The molecule has 0 aromatic carbocycles. The van der Waals surface area contributed by atoms with Crippen molar-refractivity contribution in [2.45, 2.75) is 115 Å². The fraction of sp³-hybridized carbons (Fsp3) is 0.522. The molecule has 10 rings (SSSR count). The molecule has 0 saturated carbocycles. The summed E-state index contributed by atoms with van der Waals surface area (Å²) in [5, 5.41) is 19.6. The predicted octanol–water partition coefficient (Wildman–Crippen LogP) is 8.83. The van der Waals surface area contributed by atoms with Crippen LogP contribution in [0.5, 0.6) is 10.4 Å².